The lowest BCUT2D eigenvalue weighted by Gasteiger charge is -2.26. The summed E-state index contributed by atoms with van der Waals surface area (Å²) in [5.41, 5.74) is -0.398. The van der Waals surface area contributed by atoms with Crippen LogP contribution in [-0.2, 0) is 11.3 Å². The van der Waals surface area contributed by atoms with Crippen LogP contribution in [0.25, 0.3) is 10.9 Å². The number of carbonyl (C=O) groups excluding carboxylic acids is 1. The lowest BCUT2D eigenvalue weighted by molar-refractivity contribution is -0.121. The number of aryl methyl sites for hydroxylation is 1. The van der Waals surface area contributed by atoms with E-state index < -0.39 is 11.2 Å². The molecule has 0 spiro atoms. The molecular formula is C21H24N4O4. The van der Waals surface area contributed by atoms with Gasteiger partial charge in [0.05, 0.1) is 23.2 Å². The quantitative estimate of drug-likeness (QED) is 0.632. The van der Waals surface area contributed by atoms with Gasteiger partial charge in [-0.15, -0.1) is 0 Å². The van der Waals surface area contributed by atoms with Crippen molar-refractivity contribution in [2.75, 3.05) is 19.6 Å². The van der Waals surface area contributed by atoms with Gasteiger partial charge in [-0.1, -0.05) is 12.1 Å². The molecule has 0 radical (unpaired) electrons. The Morgan fingerprint density at radius 2 is 1.93 bits per heavy atom. The molecule has 2 aromatic heterocycles. The Kier molecular flexibility index (Phi) is 5.62. The number of hydrogen-bond acceptors (Lipinski definition) is 5. The molecule has 2 N–H and O–H groups in total. The molecule has 0 saturated carbocycles. The van der Waals surface area contributed by atoms with Gasteiger partial charge in [-0.05, 0) is 50.2 Å². The van der Waals surface area contributed by atoms with Crippen molar-refractivity contribution in [1.29, 1.82) is 0 Å². The summed E-state index contributed by atoms with van der Waals surface area (Å²) in [6.45, 7) is 2.62. The van der Waals surface area contributed by atoms with Gasteiger partial charge in [0.25, 0.3) is 5.56 Å². The number of para-hydroxylation sites is 1. The largest absolute Gasteiger partial charge is 0.468 e. The summed E-state index contributed by atoms with van der Waals surface area (Å²) in [4.78, 5) is 41.3. The van der Waals surface area contributed by atoms with Gasteiger partial charge in [0, 0.05) is 19.5 Å². The minimum absolute atomic E-state index is 0.00748. The second-order valence-electron chi connectivity index (χ2n) is 7.26. The van der Waals surface area contributed by atoms with Crippen LogP contribution in [0.3, 0.4) is 0 Å². The van der Waals surface area contributed by atoms with Gasteiger partial charge in [0.2, 0.25) is 5.91 Å². The summed E-state index contributed by atoms with van der Waals surface area (Å²) in [6.07, 6.45) is 4.08. The van der Waals surface area contributed by atoms with E-state index >= 15 is 0 Å². The molecule has 1 aliphatic heterocycles. The van der Waals surface area contributed by atoms with E-state index in [1.54, 1.807) is 30.5 Å². The minimum Gasteiger partial charge on any atom is -0.468 e. The molecule has 29 heavy (non-hydrogen) atoms. The number of amides is 1. The van der Waals surface area contributed by atoms with Gasteiger partial charge >= 0.3 is 5.69 Å². The van der Waals surface area contributed by atoms with Crippen molar-refractivity contribution in [3.8, 4) is 0 Å². The molecule has 1 amide bonds. The summed E-state index contributed by atoms with van der Waals surface area (Å²) < 4.78 is 7.00. The Bertz CT molecular complexity index is 1090. The molecule has 1 saturated heterocycles. The fraction of sp³-hybridized carbons (Fsp3) is 0.381. The number of benzene rings is 1. The van der Waals surface area contributed by atoms with Crippen LogP contribution in [0.15, 0.2) is 56.7 Å². The van der Waals surface area contributed by atoms with Crippen LogP contribution >= 0.6 is 0 Å². The van der Waals surface area contributed by atoms with E-state index in [1.807, 2.05) is 12.1 Å². The number of H-pyrrole nitrogens is 1. The average molecular weight is 396 g/mol. The third kappa shape index (κ3) is 4.17. The molecule has 3 heterocycles. The third-order valence-corrected chi connectivity index (χ3v) is 5.41. The van der Waals surface area contributed by atoms with Gasteiger partial charge in [0.15, 0.2) is 0 Å². The van der Waals surface area contributed by atoms with Crippen LogP contribution in [-0.4, -0.2) is 40.0 Å². The lowest BCUT2D eigenvalue weighted by Crippen LogP contribution is -2.37. The topological polar surface area (TPSA) is 100 Å². The van der Waals surface area contributed by atoms with Crippen LogP contribution < -0.4 is 16.6 Å². The Balaban J connectivity index is 1.42. The molecule has 0 aliphatic carbocycles. The maximum Gasteiger partial charge on any atom is 0.328 e. The molecule has 1 aliphatic rings. The van der Waals surface area contributed by atoms with Crippen molar-refractivity contribution in [3.05, 3.63) is 69.3 Å². The minimum atomic E-state index is -0.507. The van der Waals surface area contributed by atoms with Crippen molar-refractivity contribution in [2.45, 2.75) is 31.8 Å². The van der Waals surface area contributed by atoms with E-state index in [4.69, 9.17) is 4.42 Å². The van der Waals surface area contributed by atoms with Crippen LogP contribution in [0.4, 0.5) is 0 Å². The zero-order valence-corrected chi connectivity index (χ0v) is 16.1. The molecule has 0 bridgehead atoms. The van der Waals surface area contributed by atoms with Crippen LogP contribution in [0.2, 0.25) is 0 Å². The lowest BCUT2D eigenvalue weighted by atomic mass is 10.2. The van der Waals surface area contributed by atoms with Gasteiger partial charge in [-0.25, -0.2) is 4.79 Å². The number of aromatic amines is 1. The first-order chi connectivity index (χ1) is 14.1. The molecule has 1 fully saturated rings. The first kappa shape index (κ1) is 19.2. The SMILES string of the molecule is O=C(CCn1c(=O)[nH]c(=O)c2ccccc21)NCC(c1ccco1)N1CCCC1. The van der Waals surface area contributed by atoms with Gasteiger partial charge < -0.3 is 9.73 Å². The van der Waals surface area contributed by atoms with Crippen LogP contribution in [0.5, 0.6) is 0 Å². The first-order valence-corrected chi connectivity index (χ1v) is 9.89. The van der Waals surface area contributed by atoms with Gasteiger partial charge in [-0.2, -0.15) is 0 Å². The number of furan rings is 1. The number of carbonyl (C=O) groups is 1. The Hall–Kier alpha value is -3.13. The number of fused-ring (bicyclic) bond motifs is 1. The van der Waals surface area contributed by atoms with E-state index in [-0.39, 0.29) is 24.9 Å². The van der Waals surface area contributed by atoms with Crippen LogP contribution in [0.1, 0.15) is 31.1 Å². The summed E-state index contributed by atoms with van der Waals surface area (Å²) in [7, 11) is 0. The highest BCUT2D eigenvalue weighted by Crippen LogP contribution is 2.24. The summed E-state index contributed by atoms with van der Waals surface area (Å²) in [6, 6.07) is 10.7. The number of hydrogen-bond donors (Lipinski definition) is 2. The van der Waals surface area contributed by atoms with Crippen molar-refractivity contribution < 1.29 is 9.21 Å². The van der Waals surface area contributed by atoms with Crippen LogP contribution in [0, 0.1) is 0 Å². The molecule has 8 nitrogen and oxygen atoms in total. The number of rotatable bonds is 7. The first-order valence-electron chi connectivity index (χ1n) is 9.89. The maximum atomic E-state index is 12.5. The second-order valence-corrected chi connectivity index (χ2v) is 7.26. The standard InChI is InChI=1S/C21H24N4O4/c26-19(22-14-17(18-8-5-13-29-18)24-10-3-4-11-24)9-12-25-16-7-2-1-6-15(16)20(27)23-21(25)28/h1-2,5-8,13,17H,3-4,9-12,14H2,(H,22,26)(H,23,27,28). The predicted molar refractivity (Wildman–Crippen MR) is 109 cm³/mol. The zero-order valence-electron chi connectivity index (χ0n) is 16.1. The third-order valence-electron chi connectivity index (χ3n) is 5.41. The molecule has 1 unspecified atom stereocenters. The van der Waals surface area contributed by atoms with Gasteiger partial charge in [0.1, 0.15) is 5.76 Å². The predicted octanol–water partition coefficient (Wildman–Crippen LogP) is 1.63. The van der Waals surface area contributed by atoms with E-state index in [2.05, 4.69) is 15.2 Å². The van der Waals surface area contributed by atoms with E-state index in [0.29, 0.717) is 17.4 Å². The average Bonchev–Trinajstić information content (AvgIpc) is 3.43. The highest BCUT2D eigenvalue weighted by Gasteiger charge is 2.25. The fourth-order valence-corrected chi connectivity index (χ4v) is 3.92. The highest BCUT2D eigenvalue weighted by atomic mass is 16.3. The van der Waals surface area contributed by atoms with E-state index in [1.165, 1.54) is 4.57 Å². The van der Waals surface area contributed by atoms with Crippen molar-refractivity contribution in [1.82, 2.24) is 19.8 Å². The molecule has 1 atom stereocenters. The molecule has 152 valence electrons. The van der Waals surface area contributed by atoms with E-state index in [9.17, 15) is 14.4 Å². The number of nitrogens with one attached hydrogen (secondary N) is 2. The Labute approximate surface area is 167 Å². The second kappa shape index (κ2) is 8.48. The number of nitrogens with zero attached hydrogens (tertiary/aromatic N) is 2. The molecule has 8 heteroatoms. The van der Waals surface area contributed by atoms with E-state index in [0.717, 1.165) is 31.7 Å². The Morgan fingerprint density at radius 3 is 2.69 bits per heavy atom. The summed E-state index contributed by atoms with van der Waals surface area (Å²) in [5, 5.41) is 3.40. The Morgan fingerprint density at radius 1 is 1.14 bits per heavy atom. The highest BCUT2D eigenvalue weighted by molar-refractivity contribution is 5.78. The fourth-order valence-electron chi connectivity index (χ4n) is 3.92. The summed E-state index contributed by atoms with van der Waals surface area (Å²) >= 11 is 0. The van der Waals surface area contributed by atoms with Crippen molar-refractivity contribution in [3.63, 3.8) is 0 Å². The van der Waals surface area contributed by atoms with Crippen molar-refractivity contribution >= 4 is 16.8 Å². The molecular weight excluding hydrogens is 372 g/mol. The number of likely N-dealkylation sites (tertiary alicyclic amines) is 1. The van der Waals surface area contributed by atoms with Crippen molar-refractivity contribution in [2.24, 2.45) is 0 Å². The smallest absolute Gasteiger partial charge is 0.328 e. The zero-order chi connectivity index (χ0) is 20.2. The molecule has 1 aromatic carbocycles. The monoisotopic (exact) mass is 396 g/mol. The maximum absolute atomic E-state index is 12.5. The molecule has 3 aromatic rings. The summed E-state index contributed by atoms with van der Waals surface area (Å²) in [5.74, 6) is 0.693. The number of aromatic nitrogens is 2. The molecule has 4 rings (SSSR count). The van der Waals surface area contributed by atoms with Gasteiger partial charge in [-0.3, -0.25) is 24.0 Å². The normalized spacial score (nSPS) is 15.6.